The number of anilines is 1. The number of rotatable bonds is 4. The Balaban J connectivity index is 1.92. The molecule has 1 heterocycles. The number of hydrogen-bond acceptors (Lipinski definition) is 6. The molecule has 1 aliphatic rings. The molecule has 0 unspecified atom stereocenters. The van der Waals surface area contributed by atoms with Crippen LogP contribution in [0.2, 0.25) is 0 Å². The van der Waals surface area contributed by atoms with Crippen LogP contribution in [0.4, 0.5) is 32.0 Å². The molecule has 1 fully saturated rings. The average molecular weight is 461 g/mol. The van der Waals surface area contributed by atoms with Gasteiger partial charge in [0.1, 0.15) is 5.82 Å². The van der Waals surface area contributed by atoms with E-state index in [9.17, 15) is 35.9 Å². The molecule has 3 rings (SSSR count). The van der Waals surface area contributed by atoms with Crippen LogP contribution in [0.1, 0.15) is 19.4 Å². The number of carbonyl (C=O) groups excluding carboxylic acids is 2. The van der Waals surface area contributed by atoms with Gasteiger partial charge in [-0.3, -0.25) is 0 Å². The highest BCUT2D eigenvalue weighted by molar-refractivity contribution is 6.15. The van der Waals surface area contributed by atoms with E-state index < -0.39 is 64.0 Å². The molecule has 0 spiro atoms. The molecule has 0 bridgehead atoms. The minimum absolute atomic E-state index is 0.0345. The van der Waals surface area contributed by atoms with E-state index in [1.807, 2.05) is 0 Å². The molecule has 32 heavy (non-hydrogen) atoms. The van der Waals surface area contributed by atoms with E-state index in [0.717, 1.165) is 24.4 Å². The van der Waals surface area contributed by atoms with E-state index >= 15 is 0 Å². The minimum Gasteiger partial charge on any atom is -0.449 e. The molecule has 1 aliphatic heterocycles. The molecule has 2 aromatic carbocycles. The summed E-state index contributed by atoms with van der Waals surface area (Å²) in [7, 11) is 0. The summed E-state index contributed by atoms with van der Waals surface area (Å²) >= 11 is 0. The van der Waals surface area contributed by atoms with Crippen molar-refractivity contribution >= 4 is 17.6 Å². The summed E-state index contributed by atoms with van der Waals surface area (Å²) in [5.41, 5.74) is -2.49. The van der Waals surface area contributed by atoms with E-state index in [2.05, 4.69) is 5.32 Å². The number of nitrogens with one attached hydrogen (secondary N) is 1. The Hall–Kier alpha value is -3.70. The number of halogens is 6. The zero-order valence-electron chi connectivity index (χ0n) is 16.3. The summed E-state index contributed by atoms with van der Waals surface area (Å²) in [5.74, 6) is -9.40. The van der Waals surface area contributed by atoms with Gasteiger partial charge in [0.05, 0.1) is 11.3 Å². The van der Waals surface area contributed by atoms with Crippen molar-refractivity contribution < 1.29 is 50.1 Å². The third kappa shape index (κ3) is 4.95. The van der Waals surface area contributed by atoms with Gasteiger partial charge in [0.15, 0.2) is 28.7 Å². The zero-order chi connectivity index (χ0) is 23.8. The Labute approximate surface area is 176 Å². The van der Waals surface area contributed by atoms with Crippen LogP contribution < -0.4 is 10.1 Å². The Morgan fingerprint density at radius 1 is 0.969 bits per heavy atom. The van der Waals surface area contributed by atoms with Crippen molar-refractivity contribution in [1.82, 2.24) is 0 Å². The summed E-state index contributed by atoms with van der Waals surface area (Å²) < 4.78 is 94.7. The molecule has 1 N–H and O–H groups in total. The van der Waals surface area contributed by atoms with E-state index in [1.165, 1.54) is 13.8 Å². The molecule has 0 aromatic heterocycles. The Bertz CT molecular complexity index is 1080. The molecule has 0 saturated carbocycles. The lowest BCUT2D eigenvalue weighted by atomic mass is 10.2. The number of ether oxygens (including phenoxy) is 3. The lowest BCUT2D eigenvalue weighted by Crippen LogP contribution is -2.42. The second-order valence-corrected chi connectivity index (χ2v) is 6.89. The fraction of sp³-hybridized carbons (Fsp3) is 0.200. The van der Waals surface area contributed by atoms with Crippen molar-refractivity contribution in [2.75, 3.05) is 5.32 Å². The molecule has 1 saturated heterocycles. The lowest BCUT2D eigenvalue weighted by Gasteiger charge is -2.29. The predicted octanol–water partition coefficient (Wildman–Crippen LogP) is 5.05. The van der Waals surface area contributed by atoms with Gasteiger partial charge in [-0.2, -0.15) is 13.2 Å². The quantitative estimate of drug-likeness (QED) is 0.298. The van der Waals surface area contributed by atoms with Crippen LogP contribution in [0.25, 0.3) is 0 Å². The molecular formula is C20H13F6NO5. The number of benzene rings is 2. The lowest BCUT2D eigenvalue weighted by molar-refractivity contribution is -0.222. The SMILES string of the molecule is CC1(C)OC(=O)C(=CNc2cc(F)ccc2Oc2c(F)cc(C(F)(F)F)cc2F)C(=O)O1. The highest BCUT2D eigenvalue weighted by atomic mass is 19.4. The Morgan fingerprint density at radius 3 is 2.06 bits per heavy atom. The first-order chi connectivity index (χ1) is 14.8. The van der Waals surface area contributed by atoms with Crippen molar-refractivity contribution in [1.29, 1.82) is 0 Å². The largest absolute Gasteiger partial charge is 0.449 e. The molecule has 0 aliphatic carbocycles. The van der Waals surface area contributed by atoms with Crippen LogP contribution in [0.5, 0.6) is 11.5 Å². The number of hydrogen-bond donors (Lipinski definition) is 1. The first-order valence-corrected chi connectivity index (χ1v) is 8.74. The van der Waals surface area contributed by atoms with Gasteiger partial charge in [-0.1, -0.05) is 0 Å². The topological polar surface area (TPSA) is 73.9 Å². The molecule has 6 nitrogen and oxygen atoms in total. The summed E-state index contributed by atoms with van der Waals surface area (Å²) in [4.78, 5) is 23.9. The third-order valence-electron chi connectivity index (χ3n) is 3.97. The van der Waals surface area contributed by atoms with Crippen molar-refractivity contribution in [2.45, 2.75) is 25.8 Å². The van der Waals surface area contributed by atoms with E-state index in [-0.39, 0.29) is 17.8 Å². The van der Waals surface area contributed by atoms with Crippen LogP contribution in [0, 0.1) is 17.5 Å². The number of alkyl halides is 3. The van der Waals surface area contributed by atoms with Crippen molar-refractivity contribution in [3.8, 4) is 11.5 Å². The van der Waals surface area contributed by atoms with Crippen LogP contribution in [-0.2, 0) is 25.2 Å². The highest BCUT2D eigenvalue weighted by Gasteiger charge is 2.39. The summed E-state index contributed by atoms with van der Waals surface area (Å²) in [6, 6.07) is 2.63. The van der Waals surface area contributed by atoms with Gasteiger partial charge < -0.3 is 19.5 Å². The van der Waals surface area contributed by atoms with Gasteiger partial charge in [0, 0.05) is 26.1 Å². The summed E-state index contributed by atoms with van der Waals surface area (Å²) in [6.07, 6.45) is -4.20. The smallest absolute Gasteiger partial charge is 0.416 e. The van der Waals surface area contributed by atoms with Gasteiger partial charge in [0.25, 0.3) is 5.79 Å². The molecule has 2 aromatic rings. The fourth-order valence-electron chi connectivity index (χ4n) is 2.56. The first kappa shape index (κ1) is 23.0. The molecule has 0 amide bonds. The number of esters is 2. The molecular weight excluding hydrogens is 448 g/mol. The van der Waals surface area contributed by atoms with Crippen LogP contribution in [-0.4, -0.2) is 17.7 Å². The van der Waals surface area contributed by atoms with Gasteiger partial charge >= 0.3 is 18.1 Å². The van der Waals surface area contributed by atoms with Crippen LogP contribution in [0.3, 0.4) is 0 Å². The van der Waals surface area contributed by atoms with Crippen molar-refractivity contribution in [3.63, 3.8) is 0 Å². The maximum atomic E-state index is 14.1. The van der Waals surface area contributed by atoms with Gasteiger partial charge in [-0.05, 0) is 24.3 Å². The molecule has 170 valence electrons. The summed E-state index contributed by atoms with van der Waals surface area (Å²) in [6.45, 7) is 2.64. The normalized spacial score (nSPS) is 15.7. The predicted molar refractivity (Wildman–Crippen MR) is 95.8 cm³/mol. The highest BCUT2D eigenvalue weighted by Crippen LogP contribution is 2.37. The van der Waals surface area contributed by atoms with Gasteiger partial charge in [-0.25, -0.2) is 22.8 Å². The van der Waals surface area contributed by atoms with Gasteiger partial charge in [0.2, 0.25) is 0 Å². The molecule has 0 radical (unpaired) electrons. The second-order valence-electron chi connectivity index (χ2n) is 6.89. The standard InChI is InChI=1S/C20H13F6NO5/c1-19(2)31-17(28)11(18(29)32-19)8-27-14-7-10(21)3-4-15(14)30-16-12(22)5-9(6-13(16)23)20(24,25)26/h3-8,27H,1-2H3. The number of carbonyl (C=O) groups is 2. The Morgan fingerprint density at radius 2 is 1.53 bits per heavy atom. The van der Waals surface area contributed by atoms with Crippen LogP contribution >= 0.6 is 0 Å². The number of cyclic esters (lactones) is 2. The maximum absolute atomic E-state index is 14.1. The van der Waals surface area contributed by atoms with Crippen molar-refractivity contribution in [2.24, 2.45) is 0 Å². The molecule has 12 heteroatoms. The first-order valence-electron chi connectivity index (χ1n) is 8.74. The van der Waals surface area contributed by atoms with Crippen molar-refractivity contribution in [3.05, 3.63) is 65.1 Å². The Kier molecular flexibility index (Phi) is 5.81. The molecule has 0 atom stereocenters. The monoisotopic (exact) mass is 461 g/mol. The van der Waals surface area contributed by atoms with E-state index in [0.29, 0.717) is 0 Å². The summed E-state index contributed by atoms with van der Waals surface area (Å²) in [5, 5.41) is 2.35. The fourth-order valence-corrected chi connectivity index (χ4v) is 2.56. The van der Waals surface area contributed by atoms with Gasteiger partial charge in [-0.15, -0.1) is 0 Å². The third-order valence-corrected chi connectivity index (χ3v) is 3.97. The van der Waals surface area contributed by atoms with E-state index in [1.54, 1.807) is 0 Å². The van der Waals surface area contributed by atoms with E-state index in [4.69, 9.17) is 14.2 Å². The minimum atomic E-state index is -4.99. The second kappa shape index (κ2) is 8.09. The maximum Gasteiger partial charge on any atom is 0.416 e. The average Bonchev–Trinajstić information content (AvgIpc) is 2.63. The van der Waals surface area contributed by atoms with Crippen LogP contribution in [0.15, 0.2) is 42.1 Å². The zero-order valence-corrected chi connectivity index (χ0v) is 16.3.